The zero-order valence-corrected chi connectivity index (χ0v) is 22.3. The number of thiophene rings is 1. The number of hydrogen-bond donors (Lipinski definition) is 2. The minimum absolute atomic E-state index is 0.0602. The fourth-order valence-electron chi connectivity index (χ4n) is 4.38. The van der Waals surface area contributed by atoms with Crippen LogP contribution in [0.15, 0.2) is 41.0 Å². The number of carbonyl (C=O) groups excluding carboxylic acids is 1. The van der Waals surface area contributed by atoms with E-state index >= 15 is 4.39 Å². The molecule has 2 heterocycles. The van der Waals surface area contributed by atoms with E-state index in [0.29, 0.717) is 16.0 Å². The largest absolute Gasteiger partial charge is 0.431 e. The molecule has 1 aromatic carbocycles. The zero-order valence-electron chi connectivity index (χ0n) is 21.5. The number of nitrogens with one attached hydrogen (secondary N) is 1. The monoisotopic (exact) mass is 547 g/mol. The van der Waals surface area contributed by atoms with Crippen LogP contribution in [0, 0.1) is 24.1 Å². The lowest BCUT2D eigenvalue weighted by atomic mass is 9.81. The Hall–Kier alpha value is -3.49. The first kappa shape index (κ1) is 29.1. The molecule has 0 spiro atoms. The number of carbonyl (C=O) groups is 1. The molecule has 38 heavy (non-hydrogen) atoms. The topological polar surface area (TPSA) is 94.5 Å². The first-order valence-corrected chi connectivity index (χ1v) is 12.8. The predicted octanol–water partition coefficient (Wildman–Crippen LogP) is 5.03. The lowest BCUT2D eigenvalue weighted by Gasteiger charge is -2.34. The molecule has 3 rings (SSSR count). The Morgan fingerprint density at radius 2 is 2.13 bits per heavy atom. The molecule has 1 aromatic heterocycles. The number of hydrogen-bond acceptors (Lipinski definition) is 6. The van der Waals surface area contributed by atoms with Gasteiger partial charge in [-0.1, -0.05) is 18.2 Å². The van der Waals surface area contributed by atoms with Crippen molar-refractivity contribution in [3.63, 3.8) is 0 Å². The van der Waals surface area contributed by atoms with Gasteiger partial charge in [-0.05, 0) is 50.6 Å². The third-order valence-corrected chi connectivity index (χ3v) is 7.64. The number of likely N-dealkylation sites (N-methyl/N-ethyl adjacent to an activating group) is 1. The highest BCUT2D eigenvalue weighted by molar-refractivity contribution is 7.12. The molecule has 3 N–H and O–H groups in total. The Labute approximate surface area is 223 Å². The van der Waals surface area contributed by atoms with E-state index in [1.807, 2.05) is 6.92 Å². The van der Waals surface area contributed by atoms with Gasteiger partial charge in [0.05, 0.1) is 6.54 Å². The molecule has 11 heteroatoms. The summed E-state index contributed by atoms with van der Waals surface area (Å²) in [5, 5.41) is 12.7. The van der Waals surface area contributed by atoms with Crippen molar-refractivity contribution in [3.8, 4) is 6.07 Å². The first-order valence-electron chi connectivity index (χ1n) is 12.0. The van der Waals surface area contributed by atoms with Crippen LogP contribution in [0.4, 0.5) is 17.6 Å². The van der Waals surface area contributed by atoms with Crippen LogP contribution < -0.4 is 11.1 Å². The molecule has 202 valence electrons. The molecule has 0 saturated carbocycles. The number of allylic oxidation sites excluding steroid dienone is 2. The number of halogens is 4. The first-order chi connectivity index (χ1) is 17.9. The van der Waals surface area contributed by atoms with Crippen molar-refractivity contribution in [1.82, 2.24) is 10.2 Å². The molecule has 0 saturated heterocycles. The van der Waals surface area contributed by atoms with Crippen molar-refractivity contribution in [3.05, 3.63) is 73.9 Å². The minimum atomic E-state index is -4.92. The molecular weight excluding hydrogens is 518 g/mol. The lowest BCUT2D eigenvalue weighted by Crippen LogP contribution is -2.38. The van der Waals surface area contributed by atoms with E-state index in [0.717, 1.165) is 17.2 Å². The Kier molecular flexibility index (Phi) is 9.12. The molecule has 0 fully saturated rings. The van der Waals surface area contributed by atoms with E-state index in [1.54, 1.807) is 31.9 Å². The molecule has 2 aromatic rings. The van der Waals surface area contributed by atoms with Crippen molar-refractivity contribution < 1.29 is 22.4 Å². The standard InChI is InChI=1S/C27H29F4N5OS/c1-5-35-12-18(26(33)27(29,30)31)25-17(7-6-8-20(25)28)19-13-36(23(37)10-9-15(2)34-4)14-22-24(19)16(3)21(11-32)38-22/h6-10,12,15,19,34H,5,13-14,33H2,1-4H3/b10-9+,26-18?,35-12?/t15?,19-/m0/s1. The summed E-state index contributed by atoms with van der Waals surface area (Å²) in [7, 11) is 1.76. The normalized spacial score (nSPS) is 17.4. The van der Waals surface area contributed by atoms with Crippen LogP contribution in [0.2, 0.25) is 0 Å². The SMILES string of the molecule is CCN=CC(=C(N)C(F)(F)F)c1c(F)cccc1[C@@H]1CN(C(=O)/C=C/C(C)NC)Cc2sc(C#N)c(C)c21. The van der Waals surface area contributed by atoms with E-state index in [1.165, 1.54) is 29.5 Å². The number of nitrogens with two attached hydrogens (primary N) is 1. The Morgan fingerprint density at radius 1 is 1.42 bits per heavy atom. The van der Waals surface area contributed by atoms with Gasteiger partial charge in [0.1, 0.15) is 22.5 Å². The summed E-state index contributed by atoms with van der Waals surface area (Å²) in [5.41, 5.74) is 4.76. The molecule has 0 bridgehead atoms. The maximum Gasteiger partial charge on any atom is 0.431 e. The summed E-state index contributed by atoms with van der Waals surface area (Å²) < 4.78 is 56.7. The fraction of sp³-hybridized carbons (Fsp3) is 0.370. The van der Waals surface area contributed by atoms with Crippen LogP contribution in [0.1, 0.15) is 51.8 Å². The highest BCUT2D eigenvalue weighted by Crippen LogP contribution is 2.44. The molecular formula is C27H29F4N5OS. The van der Waals surface area contributed by atoms with Crippen LogP contribution in [0.25, 0.3) is 5.57 Å². The molecule has 0 aliphatic carbocycles. The molecule has 2 atom stereocenters. The lowest BCUT2D eigenvalue weighted by molar-refractivity contribution is -0.127. The Morgan fingerprint density at radius 3 is 2.74 bits per heavy atom. The van der Waals surface area contributed by atoms with Crippen molar-refractivity contribution in [2.24, 2.45) is 10.7 Å². The van der Waals surface area contributed by atoms with E-state index in [-0.39, 0.29) is 42.7 Å². The summed E-state index contributed by atoms with van der Waals surface area (Å²) in [6.07, 6.45) is -0.842. The summed E-state index contributed by atoms with van der Waals surface area (Å²) in [5.74, 6) is -1.90. The van der Waals surface area contributed by atoms with Gasteiger partial charge < -0.3 is 16.0 Å². The number of nitrogens with zero attached hydrogens (tertiary/aromatic N) is 3. The Bertz CT molecular complexity index is 1340. The van der Waals surface area contributed by atoms with Crippen LogP contribution in [-0.2, 0) is 11.3 Å². The molecule has 1 aliphatic rings. The second-order valence-electron chi connectivity index (χ2n) is 8.87. The third-order valence-electron chi connectivity index (χ3n) is 6.44. The number of aliphatic imine (C=N–C) groups is 1. The van der Waals surface area contributed by atoms with Gasteiger partial charge in [0, 0.05) is 53.4 Å². The predicted molar refractivity (Wildman–Crippen MR) is 141 cm³/mol. The van der Waals surface area contributed by atoms with Crippen LogP contribution >= 0.6 is 11.3 Å². The van der Waals surface area contributed by atoms with E-state index in [9.17, 15) is 23.2 Å². The quantitative estimate of drug-likeness (QED) is 0.289. The van der Waals surface area contributed by atoms with E-state index < -0.39 is 29.2 Å². The molecule has 0 radical (unpaired) electrons. The van der Waals surface area contributed by atoms with Gasteiger partial charge in [-0.3, -0.25) is 9.79 Å². The molecule has 1 aliphatic heterocycles. The number of fused-ring (bicyclic) bond motifs is 1. The van der Waals surface area contributed by atoms with E-state index in [4.69, 9.17) is 5.73 Å². The van der Waals surface area contributed by atoms with Crippen molar-refractivity contribution in [1.29, 1.82) is 5.26 Å². The van der Waals surface area contributed by atoms with Gasteiger partial charge >= 0.3 is 6.18 Å². The number of alkyl halides is 3. The maximum atomic E-state index is 15.4. The highest BCUT2D eigenvalue weighted by Gasteiger charge is 2.38. The minimum Gasteiger partial charge on any atom is -0.394 e. The Balaban J connectivity index is 2.27. The third kappa shape index (κ3) is 5.97. The summed E-state index contributed by atoms with van der Waals surface area (Å²) in [6, 6.07) is 6.10. The average molecular weight is 548 g/mol. The summed E-state index contributed by atoms with van der Waals surface area (Å²) in [6.45, 7) is 5.74. The number of rotatable bonds is 7. The maximum absolute atomic E-state index is 15.4. The highest BCUT2D eigenvalue weighted by atomic mass is 32.1. The van der Waals surface area contributed by atoms with Crippen LogP contribution in [0.3, 0.4) is 0 Å². The van der Waals surface area contributed by atoms with Gasteiger partial charge in [0.2, 0.25) is 5.91 Å². The van der Waals surface area contributed by atoms with E-state index in [2.05, 4.69) is 16.4 Å². The van der Waals surface area contributed by atoms with Gasteiger partial charge in [0.25, 0.3) is 0 Å². The fourth-order valence-corrected chi connectivity index (χ4v) is 5.57. The summed E-state index contributed by atoms with van der Waals surface area (Å²) >= 11 is 1.23. The number of nitriles is 1. The van der Waals surface area contributed by atoms with Crippen molar-refractivity contribution in [2.45, 2.75) is 45.5 Å². The molecule has 1 amide bonds. The van der Waals surface area contributed by atoms with Gasteiger partial charge in [0.15, 0.2) is 0 Å². The second kappa shape index (κ2) is 11.9. The number of benzene rings is 1. The van der Waals surface area contributed by atoms with Crippen LogP contribution in [-0.4, -0.2) is 49.4 Å². The molecule has 1 unspecified atom stereocenters. The van der Waals surface area contributed by atoms with Gasteiger partial charge in [-0.2, -0.15) is 18.4 Å². The average Bonchev–Trinajstić information content (AvgIpc) is 3.21. The number of amides is 1. The van der Waals surface area contributed by atoms with Gasteiger partial charge in [-0.15, -0.1) is 11.3 Å². The second-order valence-corrected chi connectivity index (χ2v) is 9.97. The van der Waals surface area contributed by atoms with Crippen LogP contribution in [0.5, 0.6) is 0 Å². The smallest absolute Gasteiger partial charge is 0.394 e. The van der Waals surface area contributed by atoms with Crippen molar-refractivity contribution >= 4 is 29.0 Å². The van der Waals surface area contributed by atoms with Gasteiger partial charge in [-0.25, -0.2) is 4.39 Å². The molecule has 6 nitrogen and oxygen atoms in total. The zero-order chi connectivity index (χ0) is 28.2. The van der Waals surface area contributed by atoms with Crippen molar-refractivity contribution in [2.75, 3.05) is 20.1 Å². The summed E-state index contributed by atoms with van der Waals surface area (Å²) in [4.78, 5) is 19.8.